The first kappa shape index (κ1) is 17.1. The minimum Gasteiger partial charge on any atom is -0.481 e. The summed E-state index contributed by atoms with van der Waals surface area (Å²) in [5.74, 6) is -0.101. The van der Waals surface area contributed by atoms with E-state index in [1.165, 1.54) is 0 Å². The number of benzene rings is 1. The second kappa shape index (κ2) is 6.66. The zero-order valence-electron chi connectivity index (χ0n) is 14.6. The summed E-state index contributed by atoms with van der Waals surface area (Å²) in [7, 11) is 0. The first-order valence-electron chi connectivity index (χ1n) is 8.41. The van der Waals surface area contributed by atoms with Crippen LogP contribution in [0, 0.1) is 19.8 Å². The van der Waals surface area contributed by atoms with Gasteiger partial charge in [-0.25, -0.2) is 9.67 Å². The van der Waals surface area contributed by atoms with Gasteiger partial charge < -0.3 is 10.0 Å². The summed E-state index contributed by atoms with van der Waals surface area (Å²) >= 11 is 0. The highest BCUT2D eigenvalue weighted by atomic mass is 16.4. The molecular formula is C18H22N4O3. The molecule has 0 bridgehead atoms. The zero-order chi connectivity index (χ0) is 18.1. The molecular weight excluding hydrogens is 320 g/mol. The van der Waals surface area contributed by atoms with Crippen LogP contribution in [0.2, 0.25) is 0 Å². The number of carbonyl (C=O) groups is 2. The smallest absolute Gasteiger partial charge is 0.308 e. The van der Waals surface area contributed by atoms with Crippen molar-refractivity contribution in [1.29, 1.82) is 0 Å². The quantitative estimate of drug-likeness (QED) is 0.869. The fraction of sp³-hybridized carbons (Fsp3) is 0.444. The Bertz CT molecular complexity index is 793. The van der Waals surface area contributed by atoms with Crippen LogP contribution in [0.3, 0.4) is 0 Å². The lowest BCUT2D eigenvalue weighted by Crippen LogP contribution is -2.38. The Morgan fingerprint density at radius 1 is 1.28 bits per heavy atom. The van der Waals surface area contributed by atoms with Crippen LogP contribution in [0.4, 0.5) is 0 Å². The SMILES string of the molecule is Cc1nc(C)n(-c2ccc(C(=O)N(C[C@@H](C)C(=O)O)C3CC3)cc2)n1. The molecule has 1 fully saturated rings. The van der Waals surface area contributed by atoms with Crippen LogP contribution in [0.15, 0.2) is 24.3 Å². The Labute approximate surface area is 146 Å². The van der Waals surface area contributed by atoms with E-state index in [4.69, 9.17) is 5.11 Å². The van der Waals surface area contributed by atoms with Crippen LogP contribution < -0.4 is 0 Å². The molecule has 1 aliphatic carbocycles. The van der Waals surface area contributed by atoms with E-state index in [9.17, 15) is 9.59 Å². The van der Waals surface area contributed by atoms with Crippen LogP contribution in [-0.4, -0.2) is 49.2 Å². The first-order valence-corrected chi connectivity index (χ1v) is 8.41. The monoisotopic (exact) mass is 342 g/mol. The van der Waals surface area contributed by atoms with Crippen LogP contribution in [0.1, 0.15) is 41.8 Å². The second-order valence-electron chi connectivity index (χ2n) is 6.59. The number of carbonyl (C=O) groups excluding carboxylic acids is 1. The van der Waals surface area contributed by atoms with Crippen molar-refractivity contribution >= 4 is 11.9 Å². The van der Waals surface area contributed by atoms with E-state index in [2.05, 4.69) is 10.1 Å². The Morgan fingerprint density at radius 2 is 1.92 bits per heavy atom. The molecule has 0 spiro atoms. The summed E-state index contributed by atoms with van der Waals surface area (Å²) in [5.41, 5.74) is 1.40. The number of rotatable bonds is 6. The number of carboxylic acid groups (broad SMARTS) is 1. The number of aliphatic carboxylic acids is 1. The first-order chi connectivity index (χ1) is 11.9. The number of aryl methyl sites for hydroxylation is 2. The van der Waals surface area contributed by atoms with Gasteiger partial charge in [-0.1, -0.05) is 6.92 Å². The van der Waals surface area contributed by atoms with Gasteiger partial charge in [0.25, 0.3) is 5.91 Å². The molecule has 1 heterocycles. The fourth-order valence-corrected chi connectivity index (χ4v) is 2.83. The van der Waals surface area contributed by atoms with Gasteiger partial charge >= 0.3 is 5.97 Å². The zero-order valence-corrected chi connectivity index (χ0v) is 14.6. The summed E-state index contributed by atoms with van der Waals surface area (Å²) in [6.07, 6.45) is 1.88. The predicted molar refractivity (Wildman–Crippen MR) is 91.7 cm³/mol. The molecule has 2 aromatic rings. The van der Waals surface area contributed by atoms with Crippen molar-refractivity contribution < 1.29 is 14.7 Å². The Balaban J connectivity index is 1.79. The van der Waals surface area contributed by atoms with Gasteiger partial charge in [0.15, 0.2) is 0 Å². The van der Waals surface area contributed by atoms with Gasteiger partial charge in [-0.2, -0.15) is 5.10 Å². The standard InChI is InChI=1S/C18H22N4O3/c1-11(18(24)25)10-21(15-8-9-15)17(23)14-4-6-16(7-5-14)22-13(3)19-12(2)20-22/h4-7,11,15H,8-10H2,1-3H3,(H,24,25)/t11-/m1/s1. The molecule has 1 aromatic carbocycles. The van der Waals surface area contributed by atoms with Gasteiger partial charge in [-0.05, 0) is 51.0 Å². The van der Waals surface area contributed by atoms with Crippen molar-refractivity contribution in [2.24, 2.45) is 5.92 Å². The highest BCUT2D eigenvalue weighted by Crippen LogP contribution is 2.29. The number of carboxylic acids is 1. The molecule has 1 aromatic heterocycles. The average molecular weight is 342 g/mol. The molecule has 25 heavy (non-hydrogen) atoms. The van der Waals surface area contributed by atoms with Crippen LogP contribution in [0.5, 0.6) is 0 Å². The molecule has 3 rings (SSSR count). The summed E-state index contributed by atoms with van der Waals surface area (Å²) < 4.78 is 1.73. The van der Waals surface area contributed by atoms with Gasteiger partial charge in [0, 0.05) is 18.2 Å². The second-order valence-corrected chi connectivity index (χ2v) is 6.59. The van der Waals surface area contributed by atoms with Crippen LogP contribution >= 0.6 is 0 Å². The maximum Gasteiger partial charge on any atom is 0.308 e. The third-order valence-corrected chi connectivity index (χ3v) is 4.37. The summed E-state index contributed by atoms with van der Waals surface area (Å²) in [4.78, 5) is 29.9. The number of nitrogens with zero attached hydrogens (tertiary/aromatic N) is 4. The van der Waals surface area contributed by atoms with Gasteiger partial charge in [0.2, 0.25) is 0 Å². The molecule has 7 heteroatoms. The van der Waals surface area contributed by atoms with Gasteiger partial charge in [0.05, 0.1) is 11.6 Å². The van der Waals surface area contributed by atoms with Gasteiger partial charge in [-0.15, -0.1) is 0 Å². The Morgan fingerprint density at radius 3 is 2.40 bits per heavy atom. The number of aromatic nitrogens is 3. The number of hydrogen-bond acceptors (Lipinski definition) is 4. The lowest BCUT2D eigenvalue weighted by atomic mass is 10.1. The van der Waals surface area contributed by atoms with Crippen LogP contribution in [0.25, 0.3) is 5.69 Å². The molecule has 1 saturated carbocycles. The molecule has 1 atom stereocenters. The molecule has 7 nitrogen and oxygen atoms in total. The Kier molecular flexibility index (Phi) is 4.57. The van der Waals surface area contributed by atoms with E-state index >= 15 is 0 Å². The van der Waals surface area contributed by atoms with Gasteiger partial charge in [-0.3, -0.25) is 9.59 Å². The van der Waals surface area contributed by atoms with E-state index in [0.717, 1.165) is 24.4 Å². The third-order valence-electron chi connectivity index (χ3n) is 4.37. The van der Waals surface area contributed by atoms with E-state index < -0.39 is 11.9 Å². The van der Waals surface area contributed by atoms with E-state index in [0.29, 0.717) is 11.4 Å². The van der Waals surface area contributed by atoms with Crippen molar-refractivity contribution in [3.63, 3.8) is 0 Å². The molecule has 1 aliphatic rings. The summed E-state index contributed by atoms with van der Waals surface area (Å²) in [6, 6.07) is 7.35. The van der Waals surface area contributed by atoms with E-state index in [1.54, 1.807) is 28.6 Å². The predicted octanol–water partition coefficient (Wildman–Crippen LogP) is 2.21. The van der Waals surface area contributed by atoms with Crippen LogP contribution in [-0.2, 0) is 4.79 Å². The molecule has 132 valence electrons. The molecule has 0 radical (unpaired) electrons. The highest BCUT2D eigenvalue weighted by Gasteiger charge is 2.34. The molecule has 1 amide bonds. The lowest BCUT2D eigenvalue weighted by Gasteiger charge is -2.24. The number of hydrogen-bond donors (Lipinski definition) is 1. The lowest BCUT2D eigenvalue weighted by molar-refractivity contribution is -0.141. The van der Waals surface area contributed by atoms with Crippen molar-refractivity contribution in [3.05, 3.63) is 41.5 Å². The fourth-order valence-electron chi connectivity index (χ4n) is 2.83. The summed E-state index contributed by atoms with van der Waals surface area (Å²) in [6.45, 7) is 5.57. The molecule has 0 unspecified atom stereocenters. The van der Waals surface area contributed by atoms with Crippen molar-refractivity contribution in [1.82, 2.24) is 19.7 Å². The molecule has 0 saturated heterocycles. The topological polar surface area (TPSA) is 88.3 Å². The average Bonchev–Trinajstić information content (AvgIpc) is 3.36. The highest BCUT2D eigenvalue weighted by molar-refractivity contribution is 5.95. The molecule has 1 N–H and O–H groups in total. The maximum absolute atomic E-state index is 12.8. The molecule has 0 aliphatic heterocycles. The summed E-state index contributed by atoms with van der Waals surface area (Å²) in [5, 5.41) is 13.5. The minimum atomic E-state index is -0.883. The largest absolute Gasteiger partial charge is 0.481 e. The van der Waals surface area contributed by atoms with Gasteiger partial charge in [0.1, 0.15) is 11.6 Å². The van der Waals surface area contributed by atoms with Crippen molar-refractivity contribution in [2.75, 3.05) is 6.54 Å². The van der Waals surface area contributed by atoms with E-state index in [1.807, 2.05) is 26.0 Å². The Hall–Kier alpha value is -2.70. The minimum absolute atomic E-state index is 0.117. The van der Waals surface area contributed by atoms with Crippen molar-refractivity contribution in [3.8, 4) is 5.69 Å². The maximum atomic E-state index is 12.8. The van der Waals surface area contributed by atoms with E-state index in [-0.39, 0.29) is 18.5 Å². The third kappa shape index (κ3) is 3.70. The van der Waals surface area contributed by atoms with Crippen molar-refractivity contribution in [2.45, 2.75) is 39.7 Å². The number of amides is 1. The normalized spacial score (nSPS) is 15.0.